The highest BCUT2D eigenvalue weighted by Gasteiger charge is 2.23. The second-order valence-corrected chi connectivity index (χ2v) is 6.70. The van der Waals surface area contributed by atoms with Crippen molar-refractivity contribution in [3.05, 3.63) is 29.8 Å². The van der Waals surface area contributed by atoms with Crippen LogP contribution in [0.5, 0.6) is 0 Å². The van der Waals surface area contributed by atoms with Gasteiger partial charge in [-0.2, -0.15) is 11.8 Å². The lowest BCUT2D eigenvalue weighted by Gasteiger charge is -2.37. The third-order valence-electron chi connectivity index (χ3n) is 3.12. The maximum Gasteiger partial charge on any atom is 0.0412 e. The van der Waals surface area contributed by atoms with Crippen LogP contribution in [0.2, 0.25) is 0 Å². The number of hydrogen-bond donors (Lipinski definition) is 1. The van der Waals surface area contributed by atoms with Crippen molar-refractivity contribution in [3.8, 4) is 0 Å². The van der Waals surface area contributed by atoms with Gasteiger partial charge in [-0.05, 0) is 18.7 Å². The Hall–Kier alpha value is -0.670. The molecular weight excluding hydrogens is 228 g/mol. The summed E-state index contributed by atoms with van der Waals surface area (Å²) in [5.74, 6) is 0. The molecule has 2 unspecified atom stereocenters. The van der Waals surface area contributed by atoms with Gasteiger partial charge in [-0.1, -0.05) is 32.0 Å². The minimum Gasteiger partial charge on any atom is -0.369 e. The molecule has 1 aromatic carbocycles. The molecule has 2 atom stereocenters. The van der Waals surface area contributed by atoms with Crippen LogP contribution in [0.3, 0.4) is 0 Å². The molecular formula is C14H22N2S. The molecule has 2 nitrogen and oxygen atoms in total. The van der Waals surface area contributed by atoms with E-state index in [4.69, 9.17) is 0 Å². The van der Waals surface area contributed by atoms with E-state index in [-0.39, 0.29) is 0 Å². The number of nitrogens with zero attached hydrogens (tertiary/aromatic N) is 1. The average molecular weight is 250 g/mol. The first-order valence-corrected chi connectivity index (χ1v) is 7.28. The first kappa shape index (κ1) is 12.8. The van der Waals surface area contributed by atoms with Gasteiger partial charge in [-0.15, -0.1) is 0 Å². The van der Waals surface area contributed by atoms with Crippen molar-refractivity contribution in [2.45, 2.75) is 30.9 Å². The summed E-state index contributed by atoms with van der Waals surface area (Å²) in [5, 5.41) is 4.70. The van der Waals surface area contributed by atoms with Crippen molar-refractivity contribution in [3.63, 3.8) is 0 Å². The number of nitrogens with one attached hydrogen (secondary N) is 1. The normalized spacial score (nSPS) is 25.0. The van der Waals surface area contributed by atoms with Crippen molar-refractivity contribution in [2.75, 3.05) is 25.0 Å². The highest BCUT2D eigenvalue weighted by atomic mass is 32.2. The Kier molecular flexibility index (Phi) is 4.35. The minimum absolute atomic E-state index is 0.724. The van der Waals surface area contributed by atoms with E-state index >= 15 is 0 Å². The van der Waals surface area contributed by atoms with E-state index in [1.165, 1.54) is 11.3 Å². The first-order chi connectivity index (χ1) is 8.20. The molecule has 0 aliphatic carbocycles. The van der Waals surface area contributed by atoms with E-state index in [1.54, 1.807) is 0 Å². The predicted molar refractivity (Wildman–Crippen MR) is 77.9 cm³/mol. The molecule has 0 spiro atoms. The van der Waals surface area contributed by atoms with Crippen LogP contribution >= 0.6 is 11.8 Å². The monoisotopic (exact) mass is 250 g/mol. The molecule has 1 heterocycles. The molecule has 17 heavy (non-hydrogen) atoms. The largest absolute Gasteiger partial charge is 0.369 e. The van der Waals surface area contributed by atoms with Gasteiger partial charge in [-0.25, -0.2) is 0 Å². The molecule has 94 valence electrons. The van der Waals surface area contributed by atoms with Crippen LogP contribution in [0.15, 0.2) is 24.3 Å². The fourth-order valence-electron chi connectivity index (χ4n) is 2.53. The lowest BCUT2D eigenvalue weighted by Crippen LogP contribution is -2.41. The van der Waals surface area contributed by atoms with Gasteiger partial charge in [0, 0.05) is 35.8 Å². The lowest BCUT2D eigenvalue weighted by atomic mass is 10.1. The maximum atomic E-state index is 3.25. The molecule has 1 saturated heterocycles. The second kappa shape index (κ2) is 5.78. The Bertz CT molecular complexity index is 357. The van der Waals surface area contributed by atoms with Crippen molar-refractivity contribution >= 4 is 17.4 Å². The quantitative estimate of drug-likeness (QED) is 0.888. The molecule has 1 aromatic rings. The van der Waals surface area contributed by atoms with Crippen LogP contribution in [0.1, 0.15) is 19.4 Å². The number of benzene rings is 1. The van der Waals surface area contributed by atoms with Crippen molar-refractivity contribution in [1.29, 1.82) is 0 Å². The smallest absolute Gasteiger partial charge is 0.0412 e. The molecule has 1 N–H and O–H groups in total. The molecule has 1 aliphatic rings. The third-order valence-corrected chi connectivity index (χ3v) is 4.35. The summed E-state index contributed by atoms with van der Waals surface area (Å²) in [5.41, 5.74) is 2.81. The Morgan fingerprint density at radius 2 is 1.88 bits per heavy atom. The summed E-state index contributed by atoms with van der Waals surface area (Å²) < 4.78 is 0. The van der Waals surface area contributed by atoms with Gasteiger partial charge in [0.1, 0.15) is 0 Å². The van der Waals surface area contributed by atoms with Crippen LogP contribution in [0.4, 0.5) is 5.69 Å². The van der Waals surface area contributed by atoms with Crippen molar-refractivity contribution in [1.82, 2.24) is 5.32 Å². The van der Waals surface area contributed by atoms with Gasteiger partial charge in [-0.3, -0.25) is 0 Å². The summed E-state index contributed by atoms with van der Waals surface area (Å²) in [4.78, 5) is 2.54. The zero-order valence-corrected chi connectivity index (χ0v) is 11.8. The van der Waals surface area contributed by atoms with Gasteiger partial charge < -0.3 is 10.2 Å². The van der Waals surface area contributed by atoms with Crippen molar-refractivity contribution in [2.24, 2.45) is 0 Å². The van der Waals surface area contributed by atoms with E-state index < -0.39 is 0 Å². The number of para-hydroxylation sites is 1. The van der Waals surface area contributed by atoms with Crippen LogP contribution in [0.25, 0.3) is 0 Å². The molecule has 1 fully saturated rings. The fraction of sp³-hybridized carbons (Fsp3) is 0.571. The summed E-state index contributed by atoms with van der Waals surface area (Å²) in [6.45, 7) is 7.93. The van der Waals surface area contributed by atoms with Crippen molar-refractivity contribution < 1.29 is 0 Å². The van der Waals surface area contributed by atoms with E-state index in [0.29, 0.717) is 0 Å². The number of rotatable bonds is 3. The summed E-state index contributed by atoms with van der Waals surface area (Å²) in [7, 11) is 2.01. The predicted octanol–water partition coefficient (Wildman–Crippen LogP) is 2.74. The van der Waals surface area contributed by atoms with Crippen LogP contribution in [0, 0.1) is 0 Å². The van der Waals surface area contributed by atoms with Gasteiger partial charge in [0.25, 0.3) is 0 Å². The highest BCUT2D eigenvalue weighted by Crippen LogP contribution is 2.30. The van der Waals surface area contributed by atoms with E-state index in [9.17, 15) is 0 Å². The van der Waals surface area contributed by atoms with Gasteiger partial charge in [0.2, 0.25) is 0 Å². The van der Waals surface area contributed by atoms with Crippen LogP contribution in [-0.4, -0.2) is 30.6 Å². The molecule has 3 heteroatoms. The zero-order valence-electron chi connectivity index (χ0n) is 10.9. The standard InChI is InChI=1S/C14H22N2S/c1-11-9-16(10-12(2)17-11)14-7-5-4-6-13(14)8-15-3/h4-7,11-12,15H,8-10H2,1-3H3. The summed E-state index contributed by atoms with van der Waals surface area (Å²) in [6, 6.07) is 8.75. The van der Waals surface area contributed by atoms with E-state index in [2.05, 4.69) is 60.1 Å². The Labute approximate surface area is 109 Å². The molecule has 0 bridgehead atoms. The minimum atomic E-state index is 0.724. The fourth-order valence-corrected chi connectivity index (χ4v) is 3.86. The molecule has 1 aliphatic heterocycles. The lowest BCUT2D eigenvalue weighted by molar-refractivity contribution is 0.717. The zero-order chi connectivity index (χ0) is 12.3. The van der Waals surface area contributed by atoms with E-state index in [1.807, 2.05) is 7.05 Å². The number of hydrogen-bond acceptors (Lipinski definition) is 3. The summed E-state index contributed by atoms with van der Waals surface area (Å²) >= 11 is 2.10. The van der Waals surface area contributed by atoms with Crippen LogP contribution in [-0.2, 0) is 6.54 Å². The maximum absolute atomic E-state index is 3.25. The molecule has 0 aromatic heterocycles. The number of thioether (sulfide) groups is 1. The Morgan fingerprint density at radius 1 is 1.24 bits per heavy atom. The molecule has 0 amide bonds. The SMILES string of the molecule is CNCc1ccccc1N1CC(C)SC(C)C1. The van der Waals surface area contributed by atoms with Gasteiger partial charge in [0.05, 0.1) is 0 Å². The first-order valence-electron chi connectivity index (χ1n) is 6.33. The summed E-state index contributed by atoms with van der Waals surface area (Å²) in [6.07, 6.45) is 0. The van der Waals surface area contributed by atoms with Crippen LogP contribution < -0.4 is 10.2 Å². The Balaban J connectivity index is 2.20. The average Bonchev–Trinajstić information content (AvgIpc) is 2.29. The topological polar surface area (TPSA) is 15.3 Å². The van der Waals surface area contributed by atoms with Gasteiger partial charge >= 0.3 is 0 Å². The van der Waals surface area contributed by atoms with Gasteiger partial charge in [0.15, 0.2) is 0 Å². The molecule has 0 radical (unpaired) electrons. The number of anilines is 1. The molecule has 2 rings (SSSR count). The highest BCUT2D eigenvalue weighted by molar-refractivity contribution is 8.00. The van der Waals surface area contributed by atoms with E-state index in [0.717, 1.165) is 30.1 Å². The Morgan fingerprint density at radius 3 is 2.53 bits per heavy atom. The third kappa shape index (κ3) is 3.17. The second-order valence-electron chi connectivity index (χ2n) is 4.82. The molecule has 0 saturated carbocycles.